The van der Waals surface area contributed by atoms with Crippen LogP contribution in [0.1, 0.15) is 142 Å². The number of unbranched alkanes of at least 4 members (excludes halogenated alkanes) is 15. The van der Waals surface area contributed by atoms with Gasteiger partial charge in [0.15, 0.2) is 0 Å². The minimum absolute atomic E-state index is 0.0875. The molecule has 2 unspecified atom stereocenters. The fourth-order valence-electron chi connectivity index (χ4n) is 4.63. The van der Waals surface area contributed by atoms with Crippen LogP contribution < -0.4 is 0 Å². The highest BCUT2D eigenvalue weighted by atomic mass is 31.2. The van der Waals surface area contributed by atoms with Crippen LogP contribution in [0.25, 0.3) is 0 Å². The number of carbonyl (C=O) groups is 1. The lowest BCUT2D eigenvalue weighted by molar-refractivity contribution is -0.870. The molecule has 0 aromatic carbocycles. The van der Waals surface area contributed by atoms with E-state index in [2.05, 4.69) is 38.2 Å². The average Bonchev–Trinajstić information content (AvgIpc) is 2.98. The molecule has 1 N–H and O–H groups in total. The van der Waals surface area contributed by atoms with Crippen LogP contribution in [0.15, 0.2) is 24.3 Å². The first kappa shape index (κ1) is 44.0. The van der Waals surface area contributed by atoms with E-state index in [-0.39, 0.29) is 25.8 Å². The molecular weight excluding hydrogens is 589 g/mol. The SMILES string of the molecule is CCCC/C=C\C/C=C\CCCCCCCCOCC(COP(=O)(O)OCC[N+](C)(C)C)OC(=O)CCCCCCCCCC. The van der Waals surface area contributed by atoms with Gasteiger partial charge >= 0.3 is 13.8 Å². The van der Waals surface area contributed by atoms with Crippen LogP contribution in [0.5, 0.6) is 0 Å². The average molecular weight is 661 g/mol. The third kappa shape index (κ3) is 34.1. The second kappa shape index (κ2) is 30.3. The standard InChI is InChI=1S/C36H70NO7P/c1-6-8-10-12-14-16-17-18-19-20-21-22-24-26-28-31-41-33-35(34-43-45(39,40)42-32-30-37(3,4)5)44-36(38)29-27-25-23-15-13-11-9-7-2/h12,14,17-18,35H,6-11,13,15-16,19-34H2,1-5H3/p+1/b14-12-,18-17-. The summed E-state index contributed by atoms with van der Waals surface area (Å²) >= 11 is 0. The van der Waals surface area contributed by atoms with Crippen molar-refractivity contribution in [1.29, 1.82) is 0 Å². The van der Waals surface area contributed by atoms with E-state index in [1.165, 1.54) is 77.0 Å². The first-order chi connectivity index (χ1) is 21.6. The molecule has 0 saturated heterocycles. The molecule has 0 spiro atoms. The Morgan fingerprint density at radius 3 is 1.87 bits per heavy atom. The van der Waals surface area contributed by atoms with Crippen molar-refractivity contribution in [2.45, 2.75) is 148 Å². The van der Waals surface area contributed by atoms with Crippen LogP contribution in [-0.4, -0.2) is 75.6 Å². The van der Waals surface area contributed by atoms with E-state index < -0.39 is 13.9 Å². The normalized spacial score (nSPS) is 14.4. The summed E-state index contributed by atoms with van der Waals surface area (Å²) in [5.74, 6) is -0.324. The summed E-state index contributed by atoms with van der Waals surface area (Å²) in [5.41, 5.74) is 0. The van der Waals surface area contributed by atoms with E-state index in [1.54, 1.807) is 0 Å². The number of hydrogen-bond donors (Lipinski definition) is 1. The van der Waals surface area contributed by atoms with Gasteiger partial charge in [-0.25, -0.2) is 4.57 Å². The minimum Gasteiger partial charge on any atom is -0.457 e. The summed E-state index contributed by atoms with van der Waals surface area (Å²) in [6.07, 6.45) is 30.6. The molecule has 0 aliphatic heterocycles. The predicted molar refractivity (Wildman–Crippen MR) is 187 cm³/mol. The van der Waals surface area contributed by atoms with Crippen LogP contribution in [0.2, 0.25) is 0 Å². The van der Waals surface area contributed by atoms with Crippen LogP contribution in [0.3, 0.4) is 0 Å². The predicted octanol–water partition coefficient (Wildman–Crippen LogP) is 9.71. The highest BCUT2D eigenvalue weighted by Gasteiger charge is 2.26. The summed E-state index contributed by atoms with van der Waals surface area (Å²) in [4.78, 5) is 22.6. The molecule has 8 nitrogen and oxygen atoms in total. The van der Waals surface area contributed by atoms with Gasteiger partial charge in [0.2, 0.25) is 0 Å². The van der Waals surface area contributed by atoms with E-state index >= 15 is 0 Å². The number of rotatable bonds is 33. The fourth-order valence-corrected chi connectivity index (χ4v) is 5.37. The third-order valence-corrected chi connectivity index (χ3v) is 8.50. The van der Waals surface area contributed by atoms with E-state index in [4.69, 9.17) is 18.5 Å². The van der Waals surface area contributed by atoms with Crippen molar-refractivity contribution in [3.05, 3.63) is 24.3 Å². The van der Waals surface area contributed by atoms with E-state index in [0.717, 1.165) is 44.9 Å². The summed E-state index contributed by atoms with van der Waals surface area (Å²) in [5, 5.41) is 0. The quantitative estimate of drug-likeness (QED) is 0.0246. The van der Waals surface area contributed by atoms with E-state index in [1.807, 2.05) is 21.1 Å². The van der Waals surface area contributed by atoms with Gasteiger partial charge in [-0.3, -0.25) is 13.8 Å². The Hall–Kier alpha value is -1.02. The number of allylic oxidation sites excluding steroid dienone is 4. The second-order valence-electron chi connectivity index (χ2n) is 13.3. The van der Waals surface area contributed by atoms with Crippen molar-refractivity contribution in [1.82, 2.24) is 0 Å². The highest BCUT2D eigenvalue weighted by Crippen LogP contribution is 2.43. The number of phosphoric acid groups is 1. The molecule has 2 atom stereocenters. The van der Waals surface area contributed by atoms with Gasteiger partial charge in [0, 0.05) is 13.0 Å². The number of quaternary nitrogens is 1. The number of hydrogen-bond acceptors (Lipinski definition) is 6. The zero-order chi connectivity index (χ0) is 33.5. The molecule has 0 heterocycles. The van der Waals surface area contributed by atoms with Gasteiger partial charge in [-0.15, -0.1) is 0 Å². The molecule has 0 rings (SSSR count). The number of ether oxygens (including phenoxy) is 2. The monoisotopic (exact) mass is 660 g/mol. The lowest BCUT2D eigenvalue weighted by atomic mass is 10.1. The van der Waals surface area contributed by atoms with Crippen LogP contribution >= 0.6 is 7.82 Å². The highest BCUT2D eigenvalue weighted by molar-refractivity contribution is 7.47. The van der Waals surface area contributed by atoms with Crippen LogP contribution in [0, 0.1) is 0 Å². The van der Waals surface area contributed by atoms with Gasteiger partial charge in [-0.2, -0.15) is 0 Å². The first-order valence-electron chi connectivity index (χ1n) is 18.1. The molecule has 0 amide bonds. The smallest absolute Gasteiger partial charge is 0.457 e. The fraction of sp³-hybridized carbons (Fsp3) is 0.861. The largest absolute Gasteiger partial charge is 0.472 e. The van der Waals surface area contributed by atoms with Crippen molar-refractivity contribution in [3.8, 4) is 0 Å². The molecule has 0 aromatic rings. The van der Waals surface area contributed by atoms with Gasteiger partial charge in [-0.05, 0) is 38.5 Å². The zero-order valence-corrected chi connectivity index (χ0v) is 30.7. The lowest BCUT2D eigenvalue weighted by Crippen LogP contribution is -2.37. The molecule has 0 aliphatic rings. The molecule has 0 saturated carbocycles. The number of carbonyl (C=O) groups excluding carboxylic acids is 1. The van der Waals surface area contributed by atoms with Gasteiger partial charge in [-0.1, -0.05) is 122 Å². The summed E-state index contributed by atoms with van der Waals surface area (Å²) in [7, 11) is 1.66. The second-order valence-corrected chi connectivity index (χ2v) is 14.7. The summed E-state index contributed by atoms with van der Waals surface area (Å²) in [6.45, 7) is 5.52. The van der Waals surface area contributed by atoms with Crippen LogP contribution in [0.4, 0.5) is 0 Å². The maximum absolute atomic E-state index is 12.5. The number of likely N-dealkylation sites (N-methyl/N-ethyl adjacent to an activating group) is 1. The number of esters is 1. The van der Waals surface area contributed by atoms with Crippen molar-refractivity contribution >= 4 is 13.8 Å². The molecule has 45 heavy (non-hydrogen) atoms. The maximum Gasteiger partial charge on any atom is 0.472 e. The summed E-state index contributed by atoms with van der Waals surface area (Å²) < 4.78 is 34.7. The molecule has 0 fully saturated rings. The van der Waals surface area contributed by atoms with Crippen molar-refractivity contribution in [2.75, 3.05) is 54.1 Å². The van der Waals surface area contributed by atoms with Crippen molar-refractivity contribution < 1.29 is 37.3 Å². The van der Waals surface area contributed by atoms with E-state index in [9.17, 15) is 14.3 Å². The van der Waals surface area contributed by atoms with Gasteiger partial charge in [0.25, 0.3) is 0 Å². The van der Waals surface area contributed by atoms with Gasteiger partial charge in [0.1, 0.15) is 19.3 Å². The molecule has 266 valence electrons. The Bertz CT molecular complexity index is 782. The molecular formula is C36H71NO7P+. The lowest BCUT2D eigenvalue weighted by Gasteiger charge is -2.24. The molecule has 0 radical (unpaired) electrons. The molecule has 9 heteroatoms. The Morgan fingerprint density at radius 1 is 0.689 bits per heavy atom. The number of nitrogens with zero attached hydrogens (tertiary/aromatic N) is 1. The Labute approximate surface area is 277 Å². The molecule has 0 aliphatic carbocycles. The zero-order valence-electron chi connectivity index (χ0n) is 29.9. The van der Waals surface area contributed by atoms with Gasteiger partial charge < -0.3 is 18.9 Å². The Balaban J connectivity index is 4.29. The maximum atomic E-state index is 12.5. The first-order valence-corrected chi connectivity index (χ1v) is 19.6. The van der Waals surface area contributed by atoms with Gasteiger partial charge in [0.05, 0.1) is 34.4 Å². The molecule has 0 aromatic heterocycles. The Kier molecular flexibility index (Phi) is 29.6. The topological polar surface area (TPSA) is 91.3 Å². The minimum atomic E-state index is -4.26. The summed E-state index contributed by atoms with van der Waals surface area (Å²) in [6, 6.07) is 0. The number of phosphoric ester groups is 1. The van der Waals surface area contributed by atoms with Crippen molar-refractivity contribution in [3.63, 3.8) is 0 Å². The van der Waals surface area contributed by atoms with Crippen molar-refractivity contribution in [2.24, 2.45) is 0 Å². The third-order valence-electron chi connectivity index (χ3n) is 7.52. The van der Waals surface area contributed by atoms with E-state index in [0.29, 0.717) is 24.1 Å². The van der Waals surface area contributed by atoms with Crippen LogP contribution in [-0.2, 0) is 27.9 Å². The molecule has 0 bridgehead atoms. The Morgan fingerprint density at radius 2 is 1.24 bits per heavy atom.